The molecule has 0 heterocycles. The van der Waals surface area contributed by atoms with Crippen molar-refractivity contribution < 1.29 is 14.8 Å². The third-order valence-corrected chi connectivity index (χ3v) is 3.65. The molecule has 0 atom stereocenters. The van der Waals surface area contributed by atoms with Gasteiger partial charge in [0.25, 0.3) is 0 Å². The van der Waals surface area contributed by atoms with Crippen molar-refractivity contribution in [1.82, 2.24) is 0 Å². The predicted octanol–water partition coefficient (Wildman–Crippen LogP) is 3.70. The SMILES string of the molecule is COc1ccc(Sc2ccc(C/[N+]([O-])=N/O)cc2)cc1. The number of rotatable bonds is 5. The van der Waals surface area contributed by atoms with Crippen LogP contribution in [0.3, 0.4) is 0 Å². The lowest BCUT2D eigenvalue weighted by molar-refractivity contribution is -0.570. The molecule has 0 bridgehead atoms. The van der Waals surface area contributed by atoms with Crippen molar-refractivity contribution >= 4 is 11.8 Å². The second-order valence-corrected chi connectivity index (χ2v) is 5.17. The maximum atomic E-state index is 10.9. The maximum Gasteiger partial charge on any atom is 0.209 e. The van der Waals surface area contributed by atoms with Crippen LogP contribution in [0.1, 0.15) is 5.56 Å². The van der Waals surface area contributed by atoms with E-state index in [1.54, 1.807) is 18.9 Å². The lowest BCUT2D eigenvalue weighted by atomic mass is 10.2. The molecule has 0 amide bonds. The molecule has 0 aliphatic carbocycles. The predicted molar refractivity (Wildman–Crippen MR) is 75.1 cm³/mol. The summed E-state index contributed by atoms with van der Waals surface area (Å²) in [5.74, 6) is 0.827. The zero-order chi connectivity index (χ0) is 14.4. The molecule has 20 heavy (non-hydrogen) atoms. The van der Waals surface area contributed by atoms with E-state index in [2.05, 4.69) is 5.28 Å². The van der Waals surface area contributed by atoms with Crippen LogP contribution in [0.15, 0.2) is 63.6 Å². The van der Waals surface area contributed by atoms with Gasteiger partial charge in [0.1, 0.15) is 5.75 Å². The Balaban J connectivity index is 2.02. The molecule has 0 aromatic heterocycles. The number of benzene rings is 2. The molecule has 6 heteroatoms. The highest BCUT2D eigenvalue weighted by Gasteiger charge is 2.02. The zero-order valence-electron chi connectivity index (χ0n) is 10.9. The van der Waals surface area contributed by atoms with Crippen LogP contribution in [0.4, 0.5) is 0 Å². The van der Waals surface area contributed by atoms with Gasteiger partial charge in [-0.15, -0.1) is 0 Å². The van der Waals surface area contributed by atoms with Crippen LogP contribution < -0.4 is 4.74 Å². The first-order valence-corrected chi connectivity index (χ1v) is 6.73. The molecule has 0 fully saturated rings. The van der Waals surface area contributed by atoms with Crippen LogP contribution in [0.2, 0.25) is 0 Å². The molecule has 0 saturated heterocycles. The van der Waals surface area contributed by atoms with Crippen molar-refractivity contribution in [3.63, 3.8) is 0 Å². The first-order chi connectivity index (χ1) is 9.71. The van der Waals surface area contributed by atoms with E-state index >= 15 is 0 Å². The summed E-state index contributed by atoms with van der Waals surface area (Å²) in [5, 5.41) is 21.8. The summed E-state index contributed by atoms with van der Waals surface area (Å²) in [6.07, 6.45) is 0. The molecular weight excluding hydrogens is 276 g/mol. The van der Waals surface area contributed by atoms with Crippen LogP contribution in [0.25, 0.3) is 0 Å². The summed E-state index contributed by atoms with van der Waals surface area (Å²) in [4.78, 5) is 2.40. The second kappa shape index (κ2) is 6.81. The minimum Gasteiger partial charge on any atom is -0.597 e. The second-order valence-electron chi connectivity index (χ2n) is 4.02. The summed E-state index contributed by atoms with van der Waals surface area (Å²) < 4.78 is 5.11. The van der Waals surface area contributed by atoms with Crippen molar-refractivity contribution in [3.8, 4) is 5.75 Å². The van der Waals surface area contributed by atoms with Gasteiger partial charge in [-0.1, -0.05) is 28.8 Å². The van der Waals surface area contributed by atoms with E-state index in [1.807, 2.05) is 48.5 Å². The van der Waals surface area contributed by atoms with Crippen LogP contribution in [0.5, 0.6) is 5.75 Å². The van der Waals surface area contributed by atoms with Crippen molar-refractivity contribution in [2.45, 2.75) is 16.3 Å². The maximum absolute atomic E-state index is 10.9. The van der Waals surface area contributed by atoms with Crippen molar-refractivity contribution in [2.24, 2.45) is 5.28 Å². The van der Waals surface area contributed by atoms with Crippen molar-refractivity contribution in [2.75, 3.05) is 7.11 Å². The van der Waals surface area contributed by atoms with Gasteiger partial charge >= 0.3 is 0 Å². The molecule has 0 spiro atoms. The summed E-state index contributed by atoms with van der Waals surface area (Å²) in [7, 11) is 1.64. The minimum absolute atomic E-state index is 0.0317. The Morgan fingerprint density at radius 1 is 1.10 bits per heavy atom. The first-order valence-electron chi connectivity index (χ1n) is 5.92. The Bertz CT molecular complexity index is 582. The first kappa shape index (κ1) is 14.2. The molecule has 2 aromatic rings. The zero-order valence-corrected chi connectivity index (χ0v) is 11.7. The summed E-state index contributed by atoms with van der Waals surface area (Å²) in [5.41, 5.74) is 0.789. The fraction of sp³-hybridized carbons (Fsp3) is 0.143. The van der Waals surface area contributed by atoms with Crippen molar-refractivity contribution in [1.29, 1.82) is 0 Å². The van der Waals surface area contributed by atoms with Gasteiger partial charge in [0.15, 0.2) is 5.28 Å². The van der Waals surface area contributed by atoms with E-state index in [0.29, 0.717) is 0 Å². The quantitative estimate of drug-likeness (QED) is 0.518. The van der Waals surface area contributed by atoms with Crippen LogP contribution in [0, 0.1) is 5.21 Å². The van der Waals surface area contributed by atoms with E-state index in [0.717, 1.165) is 21.1 Å². The molecule has 5 nitrogen and oxygen atoms in total. The Morgan fingerprint density at radius 2 is 1.65 bits per heavy atom. The number of hydrogen-bond donors (Lipinski definition) is 1. The molecule has 0 saturated carbocycles. The largest absolute Gasteiger partial charge is 0.597 e. The Hall–Kier alpha value is -2.21. The van der Waals surface area contributed by atoms with Crippen LogP contribution >= 0.6 is 11.8 Å². The number of hydrogen-bond acceptors (Lipinski definition) is 4. The standard InChI is InChI=1S/C14H14N2O3S/c1-19-12-4-8-14(9-5-12)20-13-6-2-11(3-7-13)10-16(18)15-17/h2-9,17H,10H2,1H3/b16-15-. The Kier molecular flexibility index (Phi) is 4.84. The normalized spacial score (nSPS) is 11.3. The summed E-state index contributed by atoms with van der Waals surface area (Å²) in [6.45, 7) is 0.0317. The molecular formula is C14H14N2O3S. The Morgan fingerprint density at radius 3 is 2.15 bits per heavy atom. The van der Waals surface area contributed by atoms with E-state index < -0.39 is 0 Å². The van der Waals surface area contributed by atoms with E-state index in [4.69, 9.17) is 9.94 Å². The highest BCUT2D eigenvalue weighted by Crippen LogP contribution is 2.29. The fourth-order valence-electron chi connectivity index (χ4n) is 1.63. The van der Waals surface area contributed by atoms with Gasteiger partial charge in [0.2, 0.25) is 6.54 Å². The number of hydroxylamine groups is 1. The molecule has 1 N–H and O–H groups in total. The third-order valence-electron chi connectivity index (χ3n) is 2.64. The fourth-order valence-corrected chi connectivity index (χ4v) is 2.45. The van der Waals surface area contributed by atoms with E-state index in [9.17, 15) is 5.21 Å². The topological polar surface area (TPSA) is 67.9 Å². The van der Waals surface area contributed by atoms with Gasteiger partial charge in [-0.3, -0.25) is 0 Å². The molecule has 2 aromatic carbocycles. The molecule has 0 aliphatic heterocycles. The molecule has 0 unspecified atom stereocenters. The highest BCUT2D eigenvalue weighted by atomic mass is 32.2. The monoisotopic (exact) mass is 290 g/mol. The minimum atomic E-state index is 0.0317. The molecule has 0 aliphatic rings. The Labute approximate surface area is 121 Å². The number of nitrogens with zero attached hydrogens (tertiary/aromatic N) is 2. The third kappa shape index (κ3) is 3.89. The van der Waals surface area contributed by atoms with Gasteiger partial charge < -0.3 is 15.2 Å². The molecule has 2 rings (SSSR count). The lowest BCUT2D eigenvalue weighted by Gasteiger charge is -2.04. The van der Waals surface area contributed by atoms with Gasteiger partial charge in [-0.05, 0) is 36.4 Å². The van der Waals surface area contributed by atoms with Gasteiger partial charge in [-0.2, -0.15) is 0 Å². The van der Waals surface area contributed by atoms with Gasteiger partial charge in [0.05, 0.1) is 7.11 Å². The molecule has 0 radical (unpaired) electrons. The summed E-state index contributed by atoms with van der Waals surface area (Å²) in [6, 6.07) is 15.3. The summed E-state index contributed by atoms with van der Waals surface area (Å²) >= 11 is 1.62. The number of ether oxygens (including phenoxy) is 1. The lowest BCUT2D eigenvalue weighted by Crippen LogP contribution is -1.99. The molecule has 104 valence electrons. The average molecular weight is 290 g/mol. The smallest absolute Gasteiger partial charge is 0.209 e. The van der Waals surface area contributed by atoms with Gasteiger partial charge in [-0.25, -0.2) is 0 Å². The van der Waals surface area contributed by atoms with E-state index in [1.165, 1.54) is 0 Å². The van der Waals surface area contributed by atoms with E-state index in [-0.39, 0.29) is 11.4 Å². The highest BCUT2D eigenvalue weighted by molar-refractivity contribution is 7.99. The van der Waals surface area contributed by atoms with Crippen LogP contribution in [-0.4, -0.2) is 17.2 Å². The number of methoxy groups -OCH3 is 1. The van der Waals surface area contributed by atoms with Crippen LogP contribution in [-0.2, 0) is 6.54 Å². The van der Waals surface area contributed by atoms with Gasteiger partial charge in [0, 0.05) is 15.4 Å². The van der Waals surface area contributed by atoms with Crippen molar-refractivity contribution in [3.05, 3.63) is 59.3 Å². The average Bonchev–Trinajstić information content (AvgIpc) is 2.50.